The molecule has 0 aliphatic carbocycles. The van der Waals surface area contributed by atoms with Crippen molar-refractivity contribution in [1.29, 1.82) is 0 Å². The zero-order valence-corrected chi connectivity index (χ0v) is 51.3. The summed E-state index contributed by atoms with van der Waals surface area (Å²) in [7, 11) is 4.51. The minimum absolute atomic E-state index is 0.0276. The summed E-state index contributed by atoms with van der Waals surface area (Å²) in [5.74, 6) is -8.95. The maximum absolute atomic E-state index is 15.1. The van der Waals surface area contributed by atoms with E-state index in [0.29, 0.717) is 30.6 Å². The van der Waals surface area contributed by atoms with Crippen LogP contribution < -0.4 is 26.0 Å². The van der Waals surface area contributed by atoms with Crippen molar-refractivity contribution in [3.8, 4) is 5.75 Å². The van der Waals surface area contributed by atoms with E-state index >= 15 is 9.59 Å². The number of nitrogens with zero attached hydrogens (tertiary/aromatic N) is 3. The van der Waals surface area contributed by atoms with Crippen LogP contribution in [0.5, 0.6) is 5.75 Å². The van der Waals surface area contributed by atoms with E-state index in [9.17, 15) is 43.5 Å². The molecule has 3 unspecified atom stereocenters. The van der Waals surface area contributed by atoms with Gasteiger partial charge in [-0.1, -0.05) is 80.4 Å². The summed E-state index contributed by atoms with van der Waals surface area (Å²) in [6.07, 6.45) is -2.06. The molecule has 0 aromatic heterocycles. The van der Waals surface area contributed by atoms with Crippen molar-refractivity contribution in [3.63, 3.8) is 0 Å². The number of carbonyl (C=O) groups excluding carboxylic acids is 10. The molecule has 4 heterocycles. The van der Waals surface area contributed by atoms with Crippen LogP contribution in [0.4, 0.5) is 4.79 Å². The number of Topliss-reactive ketones (excluding diaryl/α,β-unsaturated/α-hetero) is 2. The number of cyclic esters (lactones) is 2. The number of ketones is 2. The van der Waals surface area contributed by atoms with Crippen LogP contribution >= 0.6 is 11.8 Å². The predicted octanol–water partition coefficient (Wildman–Crippen LogP) is 4.76. The lowest BCUT2D eigenvalue weighted by Crippen LogP contribution is -2.57. The number of methoxy groups -OCH3 is 1. The molecular weight excluding hydrogens is 1070 g/mol. The van der Waals surface area contributed by atoms with Gasteiger partial charge in [0.15, 0.2) is 17.7 Å². The maximum atomic E-state index is 15.1. The van der Waals surface area contributed by atoms with Crippen LogP contribution in [0.25, 0.3) is 0 Å². The summed E-state index contributed by atoms with van der Waals surface area (Å²) in [5.41, 5.74) is 0.609. The van der Waals surface area contributed by atoms with E-state index in [-0.39, 0.29) is 79.8 Å². The third-order valence-corrected chi connectivity index (χ3v) is 18.3. The monoisotopic (exact) mass is 1170 g/mol. The molecule has 1 aromatic rings. The topological polar surface area (TPSA) is 276 Å². The van der Waals surface area contributed by atoms with Crippen LogP contribution in [-0.2, 0) is 59.0 Å². The summed E-state index contributed by atoms with van der Waals surface area (Å²) in [6, 6.07) is 1.07. The maximum Gasteiger partial charge on any atom is 0.329 e. The zero-order chi connectivity index (χ0) is 60.9. The predicted molar refractivity (Wildman–Crippen MR) is 309 cm³/mol. The Morgan fingerprint density at radius 3 is 2.18 bits per heavy atom. The average molecular weight is 1170 g/mol. The van der Waals surface area contributed by atoms with Crippen LogP contribution in [0.1, 0.15) is 145 Å². The Kier molecular flexibility index (Phi) is 25.1. The number of aliphatic hydroxyl groups is 1. The number of hydrogen-bond acceptors (Lipinski definition) is 15. The van der Waals surface area contributed by atoms with Crippen molar-refractivity contribution in [2.75, 3.05) is 33.5 Å². The lowest BCUT2D eigenvalue weighted by molar-refractivity contribution is -0.164. The molecule has 0 saturated carbocycles. The van der Waals surface area contributed by atoms with Gasteiger partial charge >= 0.3 is 18.0 Å². The SMILES string of the molecule is CC[C@H](C)[C@H]1NC(=O)[C@@H](CC(=O)[C@@H](CC(C)C)N(C)C(=O)CCCCC2SCC3NC(=O)NC32)[C@@H](C)OC(=O)[C@H](Cc2ccc(OC)cc2)N(C)C(=O)[C@@H]2CCCN2C(=O)[C@H](CC(C)C)NC(=O)[C@@H](C)C(=O)[C@H](C(C)C)OC(=O)C[C@@H]1O. The molecule has 4 aliphatic heterocycles. The van der Waals surface area contributed by atoms with Gasteiger partial charge in [-0.2, -0.15) is 11.8 Å². The Balaban J connectivity index is 1.54. The van der Waals surface area contributed by atoms with Gasteiger partial charge in [-0.05, 0) is 93.7 Å². The van der Waals surface area contributed by atoms with Crippen molar-refractivity contribution in [2.45, 2.75) is 212 Å². The summed E-state index contributed by atoms with van der Waals surface area (Å²) < 4.78 is 17.4. The fraction of sp³-hybridized carbons (Fsp3) is 0.733. The summed E-state index contributed by atoms with van der Waals surface area (Å²) in [4.78, 5) is 147. The van der Waals surface area contributed by atoms with Crippen molar-refractivity contribution < 1.29 is 67.3 Å². The number of nitrogens with one attached hydrogen (secondary N) is 4. The standard InChI is InChI=1S/C60H93N7O14S/c1-14-35(8)51-47(69)30-50(71)81-54(34(6)7)53(72)36(9)55(73)61-41(26-32(2)3)57(75)67-25-17-18-43(67)58(76)66(12)45(28-38-21-23-39(79-13)24-22-38)59(77)80-37(10)40(56(74)63-51)29-46(68)44(27-33(4)5)65(11)49(70)20-16-15-19-48-52-42(31-82-48)62-60(78)64-52/h21-24,32-37,40-45,47-48,51-52,54,69H,14-20,25-31H2,1-13H3,(H,61,73)(H,63,74)(H2,62,64,78)/t35-,36-,37+,40-,41-,42?,43-,44+,45-,47-,48?,51+,52?,54-/m0/s1. The van der Waals surface area contributed by atoms with Crippen LogP contribution in [0.3, 0.4) is 0 Å². The Hall–Kier alpha value is -5.77. The fourth-order valence-electron chi connectivity index (χ4n) is 11.5. The third kappa shape index (κ3) is 17.6. The molecule has 0 spiro atoms. The fourth-order valence-corrected chi connectivity index (χ4v) is 13.0. The second kappa shape index (κ2) is 30.7. The number of amides is 7. The largest absolute Gasteiger partial charge is 0.497 e. The van der Waals surface area contributed by atoms with Gasteiger partial charge in [-0.15, -0.1) is 0 Å². The number of unbranched alkanes of at least 4 members (excludes halogenated alkanes) is 1. The van der Waals surface area contributed by atoms with Gasteiger partial charge in [0.2, 0.25) is 29.5 Å². The number of likely N-dealkylation sites (N-methyl/N-ethyl adjacent to an activating group) is 2. The van der Waals surface area contributed by atoms with Crippen molar-refractivity contribution in [2.24, 2.45) is 35.5 Å². The molecule has 4 aliphatic rings. The number of fused-ring (bicyclic) bond motifs is 2. The zero-order valence-electron chi connectivity index (χ0n) is 50.5. The molecule has 21 nitrogen and oxygen atoms in total. The highest BCUT2D eigenvalue weighted by atomic mass is 32.2. The quantitative estimate of drug-likeness (QED) is 0.0541. The Morgan fingerprint density at radius 1 is 0.878 bits per heavy atom. The molecule has 458 valence electrons. The van der Waals surface area contributed by atoms with E-state index in [1.165, 1.54) is 42.7 Å². The number of ether oxygens (including phenoxy) is 3. The molecule has 0 radical (unpaired) electrons. The first kappa shape index (κ1) is 67.0. The number of benzene rings is 1. The number of rotatable bonds is 19. The second-order valence-corrected chi connectivity index (χ2v) is 25.6. The first-order valence-corrected chi connectivity index (χ1v) is 30.6. The molecule has 82 heavy (non-hydrogen) atoms. The van der Waals surface area contributed by atoms with Crippen molar-refractivity contribution in [3.05, 3.63) is 29.8 Å². The smallest absolute Gasteiger partial charge is 0.329 e. The molecule has 0 bridgehead atoms. The van der Waals surface area contributed by atoms with Gasteiger partial charge in [0.05, 0.1) is 55.6 Å². The minimum atomic E-state index is -1.60. The normalized spacial score (nSPS) is 29.1. The van der Waals surface area contributed by atoms with Gasteiger partial charge in [0, 0.05) is 50.9 Å². The second-order valence-electron chi connectivity index (χ2n) is 24.3. The number of aliphatic hydroxyl groups excluding tert-OH is 1. The Labute approximate surface area is 488 Å². The van der Waals surface area contributed by atoms with Crippen LogP contribution in [0.15, 0.2) is 24.3 Å². The highest BCUT2D eigenvalue weighted by molar-refractivity contribution is 8.00. The molecule has 1 aromatic carbocycles. The van der Waals surface area contributed by atoms with E-state index in [1.807, 2.05) is 34.6 Å². The Bertz CT molecular complexity index is 2420. The van der Waals surface area contributed by atoms with E-state index < -0.39 is 132 Å². The number of esters is 2. The minimum Gasteiger partial charge on any atom is -0.497 e. The molecule has 7 amide bonds. The van der Waals surface area contributed by atoms with E-state index in [4.69, 9.17) is 14.2 Å². The Morgan fingerprint density at radius 2 is 1.56 bits per heavy atom. The summed E-state index contributed by atoms with van der Waals surface area (Å²) in [6.45, 7) is 17.4. The molecule has 14 atom stereocenters. The summed E-state index contributed by atoms with van der Waals surface area (Å²) in [5, 5.41) is 23.7. The molecule has 5 N–H and O–H groups in total. The van der Waals surface area contributed by atoms with Crippen molar-refractivity contribution in [1.82, 2.24) is 36.0 Å². The summed E-state index contributed by atoms with van der Waals surface area (Å²) >= 11 is 1.79. The van der Waals surface area contributed by atoms with Gasteiger partial charge in [-0.3, -0.25) is 38.4 Å². The molecular formula is C60H93N7O14S. The first-order valence-electron chi connectivity index (χ1n) is 29.6. The van der Waals surface area contributed by atoms with E-state index in [0.717, 1.165) is 18.6 Å². The van der Waals surface area contributed by atoms with Gasteiger partial charge in [0.1, 0.15) is 30.0 Å². The van der Waals surface area contributed by atoms with Crippen LogP contribution in [0, 0.1) is 35.5 Å². The van der Waals surface area contributed by atoms with Gasteiger partial charge < -0.3 is 55.3 Å². The highest BCUT2D eigenvalue weighted by Crippen LogP contribution is 2.34. The van der Waals surface area contributed by atoms with E-state index in [1.54, 1.807) is 63.8 Å². The van der Waals surface area contributed by atoms with Gasteiger partial charge in [-0.25, -0.2) is 9.59 Å². The number of carbonyl (C=O) groups is 10. The molecule has 4 fully saturated rings. The highest BCUT2D eigenvalue weighted by Gasteiger charge is 2.46. The van der Waals surface area contributed by atoms with Crippen LogP contribution in [0.2, 0.25) is 0 Å². The molecule has 5 rings (SSSR count). The third-order valence-electron chi connectivity index (χ3n) is 16.8. The average Bonchev–Trinajstić information content (AvgIpc) is 4.22. The number of urea groups is 1. The van der Waals surface area contributed by atoms with Crippen molar-refractivity contribution >= 4 is 70.8 Å². The lowest BCUT2D eigenvalue weighted by atomic mass is 9.87. The van der Waals surface area contributed by atoms with Gasteiger partial charge in [0.25, 0.3) is 0 Å². The van der Waals surface area contributed by atoms with E-state index in [2.05, 4.69) is 21.3 Å². The molecule has 4 saturated heterocycles. The first-order chi connectivity index (χ1) is 38.7. The van der Waals surface area contributed by atoms with Crippen LogP contribution in [-0.4, -0.2) is 178 Å². The molecule has 22 heteroatoms. The number of hydrogen-bond donors (Lipinski definition) is 5. The number of thioether (sulfide) groups is 1. The lowest BCUT2D eigenvalue weighted by Gasteiger charge is -2.35.